The Hall–Kier alpha value is -1.56. The summed E-state index contributed by atoms with van der Waals surface area (Å²) in [6.07, 6.45) is 2.36. The van der Waals surface area contributed by atoms with Crippen LogP contribution in [0.5, 0.6) is 0 Å². The van der Waals surface area contributed by atoms with Crippen molar-refractivity contribution in [3.63, 3.8) is 0 Å². The minimum absolute atomic E-state index is 0.0490. The van der Waals surface area contributed by atoms with Gasteiger partial charge in [-0.15, -0.1) is 0 Å². The lowest BCUT2D eigenvalue weighted by Crippen LogP contribution is -2.12. The smallest absolute Gasteiger partial charge is 0.173 e. The van der Waals surface area contributed by atoms with Crippen molar-refractivity contribution in [2.24, 2.45) is 0 Å². The summed E-state index contributed by atoms with van der Waals surface area (Å²) < 4.78 is 15.8. The van der Waals surface area contributed by atoms with Crippen LogP contribution in [0, 0.1) is 5.82 Å². The number of benzene rings is 1. The second-order valence-corrected chi connectivity index (χ2v) is 4.96. The van der Waals surface area contributed by atoms with Gasteiger partial charge in [0.05, 0.1) is 16.5 Å². The van der Waals surface area contributed by atoms with Crippen molar-refractivity contribution in [1.82, 2.24) is 14.8 Å². The number of halogens is 2. The molecule has 0 aliphatic carbocycles. The van der Waals surface area contributed by atoms with E-state index in [0.29, 0.717) is 12.4 Å². The predicted molar refractivity (Wildman–Crippen MR) is 72.4 cm³/mol. The van der Waals surface area contributed by atoms with Crippen molar-refractivity contribution < 1.29 is 9.18 Å². The summed E-state index contributed by atoms with van der Waals surface area (Å²) in [5.41, 5.74) is 0.0698. The fourth-order valence-corrected chi connectivity index (χ4v) is 2.15. The summed E-state index contributed by atoms with van der Waals surface area (Å²) in [6.45, 7) is 2.71. The van der Waals surface area contributed by atoms with Gasteiger partial charge >= 0.3 is 0 Å². The number of ketones is 1. The molecular weight excluding hydrogens is 313 g/mol. The van der Waals surface area contributed by atoms with Crippen molar-refractivity contribution in [3.05, 3.63) is 46.2 Å². The monoisotopic (exact) mass is 325 g/mol. The topological polar surface area (TPSA) is 47.8 Å². The van der Waals surface area contributed by atoms with Gasteiger partial charge in [-0.25, -0.2) is 14.1 Å². The Kier molecular flexibility index (Phi) is 4.42. The summed E-state index contributed by atoms with van der Waals surface area (Å²) in [5.74, 6) is -0.274. The minimum atomic E-state index is -0.533. The zero-order chi connectivity index (χ0) is 13.8. The molecule has 1 aromatic carbocycles. The number of aryl methyl sites for hydroxylation is 1. The highest BCUT2D eigenvalue weighted by Crippen LogP contribution is 2.19. The van der Waals surface area contributed by atoms with E-state index in [-0.39, 0.29) is 22.2 Å². The average Bonchev–Trinajstić information content (AvgIpc) is 2.80. The van der Waals surface area contributed by atoms with Crippen LogP contribution in [0.4, 0.5) is 4.39 Å². The van der Waals surface area contributed by atoms with Crippen LogP contribution in [-0.4, -0.2) is 20.5 Å². The molecule has 2 rings (SSSR count). The number of carbonyl (C=O) groups is 1. The van der Waals surface area contributed by atoms with Crippen molar-refractivity contribution in [1.29, 1.82) is 0 Å². The Bertz CT molecular complexity index is 597. The summed E-state index contributed by atoms with van der Waals surface area (Å²) >= 11 is 3.07. The Balaban J connectivity index is 2.21. The molecule has 0 spiro atoms. The van der Waals surface area contributed by atoms with E-state index in [1.807, 2.05) is 6.92 Å². The van der Waals surface area contributed by atoms with E-state index >= 15 is 0 Å². The van der Waals surface area contributed by atoms with Gasteiger partial charge < -0.3 is 0 Å². The van der Waals surface area contributed by atoms with E-state index in [4.69, 9.17) is 0 Å². The molecule has 0 saturated heterocycles. The SMILES string of the molecule is CCCn1ncnc1CC(=O)c1cccc(Br)c1F. The second kappa shape index (κ2) is 6.06. The summed E-state index contributed by atoms with van der Waals surface area (Å²) in [7, 11) is 0. The van der Waals surface area contributed by atoms with E-state index in [0.717, 1.165) is 6.42 Å². The maximum absolute atomic E-state index is 13.8. The van der Waals surface area contributed by atoms with Crippen molar-refractivity contribution >= 4 is 21.7 Å². The lowest BCUT2D eigenvalue weighted by Gasteiger charge is -2.05. The maximum atomic E-state index is 13.8. The molecule has 0 bridgehead atoms. The first-order chi connectivity index (χ1) is 9.13. The molecule has 0 saturated carbocycles. The molecule has 4 nitrogen and oxygen atoms in total. The van der Waals surface area contributed by atoms with Crippen LogP contribution in [0.1, 0.15) is 29.5 Å². The molecule has 1 heterocycles. The van der Waals surface area contributed by atoms with Gasteiger partial charge in [0.2, 0.25) is 0 Å². The molecule has 0 unspecified atom stereocenters. The van der Waals surface area contributed by atoms with E-state index in [1.54, 1.807) is 16.8 Å². The highest BCUT2D eigenvalue weighted by atomic mass is 79.9. The van der Waals surface area contributed by atoms with Gasteiger partial charge in [0, 0.05) is 6.54 Å². The van der Waals surface area contributed by atoms with Gasteiger partial charge in [-0.05, 0) is 34.5 Å². The molecule has 0 radical (unpaired) electrons. The molecule has 19 heavy (non-hydrogen) atoms. The molecule has 0 N–H and O–H groups in total. The standard InChI is InChI=1S/C13H13BrFN3O/c1-2-6-18-12(16-8-17-18)7-11(19)9-4-3-5-10(14)13(9)15/h3-5,8H,2,6-7H2,1H3. The van der Waals surface area contributed by atoms with Gasteiger partial charge in [-0.3, -0.25) is 4.79 Å². The lowest BCUT2D eigenvalue weighted by molar-refractivity contribution is 0.0985. The number of hydrogen-bond donors (Lipinski definition) is 0. The highest BCUT2D eigenvalue weighted by molar-refractivity contribution is 9.10. The number of nitrogens with zero attached hydrogens (tertiary/aromatic N) is 3. The lowest BCUT2D eigenvalue weighted by atomic mass is 10.1. The average molecular weight is 326 g/mol. The molecule has 6 heteroatoms. The second-order valence-electron chi connectivity index (χ2n) is 4.10. The largest absolute Gasteiger partial charge is 0.294 e. The first-order valence-electron chi connectivity index (χ1n) is 5.97. The molecule has 0 aliphatic heterocycles. The van der Waals surface area contributed by atoms with Crippen LogP contribution in [0.3, 0.4) is 0 Å². The predicted octanol–water partition coefficient (Wildman–Crippen LogP) is 3.02. The van der Waals surface area contributed by atoms with Gasteiger partial charge in [-0.2, -0.15) is 5.10 Å². The summed E-state index contributed by atoms with van der Waals surface area (Å²) in [4.78, 5) is 16.1. The molecule has 100 valence electrons. The molecule has 2 aromatic rings. The fourth-order valence-electron chi connectivity index (χ4n) is 1.78. The first-order valence-corrected chi connectivity index (χ1v) is 6.76. The third-order valence-electron chi connectivity index (χ3n) is 2.70. The number of rotatable bonds is 5. The number of hydrogen-bond acceptors (Lipinski definition) is 3. The Morgan fingerprint density at radius 2 is 2.26 bits per heavy atom. The Morgan fingerprint density at radius 1 is 1.47 bits per heavy atom. The van der Waals surface area contributed by atoms with Gasteiger partial charge in [-0.1, -0.05) is 13.0 Å². The van der Waals surface area contributed by atoms with Gasteiger partial charge in [0.25, 0.3) is 0 Å². The Morgan fingerprint density at radius 3 is 3.00 bits per heavy atom. The number of Topliss-reactive ketones (excluding diaryl/α,β-unsaturated/α-hetero) is 1. The van der Waals surface area contributed by atoms with Crippen molar-refractivity contribution in [2.75, 3.05) is 0 Å². The molecule has 0 fully saturated rings. The minimum Gasteiger partial charge on any atom is -0.294 e. The zero-order valence-electron chi connectivity index (χ0n) is 10.4. The Labute approximate surface area is 118 Å². The molecule has 0 atom stereocenters. The quantitative estimate of drug-likeness (QED) is 0.794. The van der Waals surface area contributed by atoms with E-state index in [9.17, 15) is 9.18 Å². The normalized spacial score (nSPS) is 10.7. The van der Waals surface area contributed by atoms with Crippen LogP contribution < -0.4 is 0 Å². The van der Waals surface area contributed by atoms with Crippen LogP contribution in [0.15, 0.2) is 29.0 Å². The van der Waals surface area contributed by atoms with Crippen LogP contribution >= 0.6 is 15.9 Å². The van der Waals surface area contributed by atoms with E-state index in [1.165, 1.54) is 12.4 Å². The molecule has 0 amide bonds. The van der Waals surface area contributed by atoms with Crippen LogP contribution in [-0.2, 0) is 13.0 Å². The molecule has 1 aromatic heterocycles. The summed E-state index contributed by atoms with van der Waals surface area (Å²) in [5, 5.41) is 4.04. The van der Waals surface area contributed by atoms with E-state index in [2.05, 4.69) is 26.0 Å². The maximum Gasteiger partial charge on any atom is 0.173 e. The number of aromatic nitrogens is 3. The van der Waals surface area contributed by atoms with Crippen LogP contribution in [0.2, 0.25) is 0 Å². The van der Waals surface area contributed by atoms with Gasteiger partial charge in [0.15, 0.2) is 5.78 Å². The third-order valence-corrected chi connectivity index (χ3v) is 3.31. The van der Waals surface area contributed by atoms with Crippen LogP contribution in [0.25, 0.3) is 0 Å². The summed E-state index contributed by atoms with van der Waals surface area (Å²) in [6, 6.07) is 4.67. The highest BCUT2D eigenvalue weighted by Gasteiger charge is 2.16. The van der Waals surface area contributed by atoms with Gasteiger partial charge in [0.1, 0.15) is 18.0 Å². The van der Waals surface area contributed by atoms with Crippen molar-refractivity contribution in [3.8, 4) is 0 Å². The number of carbonyl (C=O) groups excluding carboxylic acids is 1. The van der Waals surface area contributed by atoms with Crippen molar-refractivity contribution in [2.45, 2.75) is 26.3 Å². The third kappa shape index (κ3) is 3.07. The van der Waals surface area contributed by atoms with E-state index < -0.39 is 5.82 Å². The fraction of sp³-hybridized carbons (Fsp3) is 0.308. The molecular formula is C13H13BrFN3O. The zero-order valence-corrected chi connectivity index (χ0v) is 12.0. The molecule has 0 aliphatic rings. The first kappa shape index (κ1) is 13.9.